The summed E-state index contributed by atoms with van der Waals surface area (Å²) in [6, 6.07) is 17.8. The summed E-state index contributed by atoms with van der Waals surface area (Å²) >= 11 is 0. The Bertz CT molecular complexity index is 1240. The Balaban J connectivity index is 1.84. The Labute approximate surface area is 201 Å². The van der Waals surface area contributed by atoms with Gasteiger partial charge in [0.05, 0.1) is 38.4 Å². The van der Waals surface area contributed by atoms with Crippen molar-refractivity contribution >= 4 is 28.3 Å². The van der Waals surface area contributed by atoms with E-state index in [-0.39, 0.29) is 24.2 Å². The van der Waals surface area contributed by atoms with Gasteiger partial charge in [-0.2, -0.15) is 0 Å². The van der Waals surface area contributed by atoms with Crippen LogP contribution in [0, 0.1) is 5.82 Å². The first-order chi connectivity index (χ1) is 16.4. The van der Waals surface area contributed by atoms with Crippen molar-refractivity contribution < 1.29 is 18.2 Å². The summed E-state index contributed by atoms with van der Waals surface area (Å²) in [5.41, 5.74) is 1.95. The van der Waals surface area contributed by atoms with E-state index in [1.807, 2.05) is 13.8 Å². The summed E-state index contributed by atoms with van der Waals surface area (Å²) in [4.78, 5) is 31.2. The van der Waals surface area contributed by atoms with Gasteiger partial charge < -0.3 is 9.80 Å². The predicted molar refractivity (Wildman–Crippen MR) is 131 cm³/mol. The van der Waals surface area contributed by atoms with Gasteiger partial charge >= 0.3 is 0 Å². The summed E-state index contributed by atoms with van der Waals surface area (Å²) in [6.07, 6.45) is 1.68. The molecule has 0 radical (unpaired) electrons. The average molecular weight is 479 g/mol. The van der Waals surface area contributed by atoms with Crippen LogP contribution in [-0.2, 0) is 17.3 Å². The van der Waals surface area contributed by atoms with E-state index < -0.39 is 10.8 Å². The molecule has 1 heterocycles. The molecule has 3 aromatic rings. The number of amides is 2. The number of carbonyl (C=O) groups excluding carboxylic acids is 2. The number of hydrogen-bond acceptors (Lipinski definition) is 3. The van der Waals surface area contributed by atoms with Crippen LogP contribution in [-0.4, -0.2) is 34.0 Å². The molecule has 1 aliphatic rings. The Morgan fingerprint density at radius 1 is 0.941 bits per heavy atom. The quantitative estimate of drug-likeness (QED) is 0.456. The summed E-state index contributed by atoms with van der Waals surface area (Å²) < 4.78 is 27.0. The molecule has 0 aromatic heterocycles. The first-order valence-corrected chi connectivity index (χ1v) is 12.6. The minimum Gasteiger partial charge on any atom is -0.339 e. The molecule has 176 valence electrons. The fraction of sp³-hybridized carbons (Fsp3) is 0.259. The third-order valence-corrected chi connectivity index (χ3v) is 7.29. The smallest absolute Gasteiger partial charge is 0.259 e. The first-order valence-electron chi connectivity index (χ1n) is 11.4. The molecule has 34 heavy (non-hydrogen) atoms. The molecule has 0 saturated carbocycles. The van der Waals surface area contributed by atoms with E-state index in [1.54, 1.807) is 59.5 Å². The lowest BCUT2D eigenvalue weighted by molar-refractivity contribution is 0.0755. The lowest BCUT2D eigenvalue weighted by Crippen LogP contribution is -2.33. The van der Waals surface area contributed by atoms with Crippen LogP contribution in [0.4, 0.5) is 10.1 Å². The van der Waals surface area contributed by atoms with E-state index in [9.17, 15) is 18.2 Å². The van der Waals surface area contributed by atoms with E-state index in [0.717, 1.165) is 18.4 Å². The number of nitrogens with zero attached hydrogens (tertiary/aromatic N) is 2. The van der Waals surface area contributed by atoms with Gasteiger partial charge in [-0.05, 0) is 60.9 Å². The Kier molecular flexibility index (Phi) is 7.22. The van der Waals surface area contributed by atoms with Gasteiger partial charge in [0.2, 0.25) is 0 Å². The zero-order valence-corrected chi connectivity index (χ0v) is 20.1. The van der Waals surface area contributed by atoms with Crippen LogP contribution >= 0.6 is 0 Å². The van der Waals surface area contributed by atoms with Crippen LogP contribution in [0.1, 0.15) is 53.0 Å². The molecule has 1 atom stereocenters. The highest BCUT2D eigenvalue weighted by molar-refractivity contribution is 7.85. The van der Waals surface area contributed by atoms with E-state index in [1.165, 1.54) is 17.0 Å². The van der Waals surface area contributed by atoms with Crippen LogP contribution in [0.2, 0.25) is 0 Å². The van der Waals surface area contributed by atoms with Crippen molar-refractivity contribution in [3.63, 3.8) is 0 Å². The molecular formula is C27H27FN2O3S. The number of halogens is 1. The number of anilines is 1. The SMILES string of the molecule is CCCN(CCC)C(=O)c1ccc2c(c1)N(Cc1ccc(F)cc1)C(=O)c1ccccc1S2=O. The van der Waals surface area contributed by atoms with Gasteiger partial charge in [-0.3, -0.25) is 9.59 Å². The maximum Gasteiger partial charge on any atom is 0.259 e. The molecule has 0 aliphatic carbocycles. The van der Waals surface area contributed by atoms with Gasteiger partial charge in [0, 0.05) is 18.7 Å². The monoisotopic (exact) mass is 478 g/mol. The summed E-state index contributed by atoms with van der Waals surface area (Å²) in [5.74, 6) is -0.790. The Morgan fingerprint density at radius 3 is 2.29 bits per heavy atom. The van der Waals surface area contributed by atoms with Crippen LogP contribution in [0.5, 0.6) is 0 Å². The van der Waals surface area contributed by atoms with E-state index in [0.29, 0.717) is 39.7 Å². The summed E-state index contributed by atoms with van der Waals surface area (Å²) in [6.45, 7) is 5.48. The minimum absolute atomic E-state index is 0.117. The fourth-order valence-electron chi connectivity index (χ4n) is 4.16. The summed E-state index contributed by atoms with van der Waals surface area (Å²) in [5, 5.41) is 0. The molecule has 0 saturated heterocycles. The predicted octanol–water partition coefficient (Wildman–Crippen LogP) is 5.42. The van der Waals surface area contributed by atoms with E-state index >= 15 is 0 Å². The third-order valence-electron chi connectivity index (χ3n) is 5.79. The van der Waals surface area contributed by atoms with Crippen molar-refractivity contribution in [2.45, 2.75) is 43.0 Å². The van der Waals surface area contributed by atoms with Crippen LogP contribution < -0.4 is 4.90 Å². The number of fused-ring (bicyclic) bond motifs is 2. The van der Waals surface area contributed by atoms with Crippen molar-refractivity contribution in [1.82, 2.24) is 4.90 Å². The third kappa shape index (κ3) is 4.66. The van der Waals surface area contributed by atoms with Gasteiger partial charge in [0.1, 0.15) is 5.82 Å². The second-order valence-electron chi connectivity index (χ2n) is 8.26. The van der Waals surface area contributed by atoms with Crippen molar-refractivity contribution in [3.8, 4) is 0 Å². The zero-order valence-electron chi connectivity index (χ0n) is 19.3. The highest BCUT2D eigenvalue weighted by atomic mass is 32.2. The highest BCUT2D eigenvalue weighted by Crippen LogP contribution is 2.36. The number of hydrogen-bond donors (Lipinski definition) is 0. The lowest BCUT2D eigenvalue weighted by Gasteiger charge is -2.25. The summed E-state index contributed by atoms with van der Waals surface area (Å²) in [7, 11) is -1.60. The molecule has 5 nitrogen and oxygen atoms in total. The molecule has 0 fully saturated rings. The van der Waals surface area contributed by atoms with Gasteiger partial charge in [-0.1, -0.05) is 38.1 Å². The number of rotatable bonds is 7. The van der Waals surface area contributed by atoms with Gasteiger partial charge in [0.15, 0.2) is 0 Å². The second kappa shape index (κ2) is 10.3. The maximum absolute atomic E-state index is 13.7. The molecule has 2 amide bonds. The van der Waals surface area contributed by atoms with E-state index in [4.69, 9.17) is 0 Å². The van der Waals surface area contributed by atoms with Crippen molar-refractivity contribution in [2.75, 3.05) is 18.0 Å². The largest absolute Gasteiger partial charge is 0.339 e. The molecule has 7 heteroatoms. The Hall–Kier alpha value is -3.32. The maximum atomic E-state index is 13.7. The molecule has 0 bridgehead atoms. The number of carbonyl (C=O) groups is 2. The average Bonchev–Trinajstić information content (AvgIpc) is 2.94. The van der Waals surface area contributed by atoms with Crippen molar-refractivity contribution in [2.24, 2.45) is 0 Å². The Morgan fingerprint density at radius 2 is 1.62 bits per heavy atom. The van der Waals surface area contributed by atoms with Crippen LogP contribution in [0.25, 0.3) is 0 Å². The van der Waals surface area contributed by atoms with Crippen LogP contribution in [0.15, 0.2) is 76.5 Å². The molecule has 1 aliphatic heterocycles. The van der Waals surface area contributed by atoms with Crippen molar-refractivity contribution in [1.29, 1.82) is 0 Å². The normalized spacial score (nSPS) is 14.9. The standard InChI is InChI=1S/C27H27FN2O3S/c1-3-15-29(16-4-2)26(31)20-11-14-25-23(17-20)30(18-19-9-12-21(28)13-10-19)27(32)22-7-5-6-8-24(22)34(25)33/h5-14,17H,3-4,15-16,18H2,1-2H3. The van der Waals surface area contributed by atoms with Crippen molar-refractivity contribution in [3.05, 3.63) is 89.2 Å². The van der Waals surface area contributed by atoms with Gasteiger partial charge in [-0.15, -0.1) is 0 Å². The topological polar surface area (TPSA) is 57.7 Å². The fourth-order valence-corrected chi connectivity index (χ4v) is 5.51. The minimum atomic E-state index is -1.60. The van der Waals surface area contributed by atoms with Gasteiger partial charge in [-0.25, -0.2) is 8.60 Å². The highest BCUT2D eigenvalue weighted by Gasteiger charge is 2.32. The van der Waals surface area contributed by atoms with Gasteiger partial charge in [0.25, 0.3) is 11.8 Å². The number of benzene rings is 3. The molecular weight excluding hydrogens is 451 g/mol. The molecule has 0 N–H and O–H groups in total. The molecule has 4 rings (SSSR count). The van der Waals surface area contributed by atoms with E-state index in [2.05, 4.69) is 0 Å². The van der Waals surface area contributed by atoms with Crippen LogP contribution in [0.3, 0.4) is 0 Å². The second-order valence-corrected chi connectivity index (χ2v) is 9.67. The molecule has 0 spiro atoms. The lowest BCUT2D eigenvalue weighted by atomic mass is 10.1. The molecule has 3 aromatic carbocycles. The molecule has 1 unspecified atom stereocenters. The zero-order chi connectivity index (χ0) is 24.2. The first kappa shape index (κ1) is 23.8.